The first-order valence-electron chi connectivity index (χ1n) is 9.86. The second-order valence-electron chi connectivity index (χ2n) is 7.26. The fourth-order valence-electron chi connectivity index (χ4n) is 3.63. The number of carbonyl (C=O) groups excluding carboxylic acids is 3. The number of ether oxygens (including phenoxy) is 1. The van der Waals surface area contributed by atoms with Gasteiger partial charge in [-0.05, 0) is 24.3 Å². The first kappa shape index (κ1) is 20.2. The predicted molar refractivity (Wildman–Crippen MR) is 107 cm³/mol. The van der Waals surface area contributed by atoms with Gasteiger partial charge in [0.25, 0.3) is 17.7 Å². The van der Waals surface area contributed by atoms with Crippen molar-refractivity contribution in [3.63, 3.8) is 0 Å². The number of imide groups is 1. The number of amides is 3. The minimum Gasteiger partial charge on any atom is -0.379 e. The molecule has 0 unspecified atom stereocenters. The average Bonchev–Trinajstić information content (AvgIpc) is 3.00. The fraction of sp³-hybridized carbons (Fsp3) is 0.318. The van der Waals surface area contributed by atoms with Gasteiger partial charge in [0.2, 0.25) is 0 Å². The van der Waals surface area contributed by atoms with Crippen LogP contribution in [0.2, 0.25) is 0 Å². The molecule has 4 rings (SSSR count). The molecule has 0 spiro atoms. The third kappa shape index (κ3) is 4.10. The molecule has 2 aromatic carbocycles. The van der Waals surface area contributed by atoms with Crippen LogP contribution in [0.4, 0.5) is 4.39 Å². The molecule has 7 nitrogen and oxygen atoms in total. The number of hydrogen-bond acceptors (Lipinski definition) is 5. The Labute approximate surface area is 173 Å². The summed E-state index contributed by atoms with van der Waals surface area (Å²) in [6.07, 6.45) is 0. The van der Waals surface area contributed by atoms with E-state index in [1.165, 1.54) is 30.3 Å². The Kier molecular flexibility index (Phi) is 5.87. The second-order valence-corrected chi connectivity index (χ2v) is 7.26. The van der Waals surface area contributed by atoms with Crippen LogP contribution in [0.15, 0.2) is 42.5 Å². The van der Waals surface area contributed by atoms with Crippen LogP contribution in [0.3, 0.4) is 0 Å². The molecular weight excluding hydrogens is 389 g/mol. The van der Waals surface area contributed by atoms with E-state index in [0.29, 0.717) is 31.9 Å². The van der Waals surface area contributed by atoms with Crippen LogP contribution in [0, 0.1) is 5.82 Å². The van der Waals surface area contributed by atoms with E-state index in [9.17, 15) is 18.8 Å². The SMILES string of the molecule is O=C(NCCN1CCOCC1)c1ccc2c(c1)C(=O)N(Cc1ccccc1F)C2=O. The van der Waals surface area contributed by atoms with Gasteiger partial charge in [0.15, 0.2) is 0 Å². The van der Waals surface area contributed by atoms with Crippen molar-refractivity contribution in [3.05, 3.63) is 70.5 Å². The van der Waals surface area contributed by atoms with Crippen molar-refractivity contribution in [1.29, 1.82) is 0 Å². The Morgan fingerprint density at radius 2 is 1.77 bits per heavy atom. The number of fused-ring (bicyclic) bond motifs is 1. The van der Waals surface area contributed by atoms with Gasteiger partial charge in [-0.3, -0.25) is 24.2 Å². The number of nitrogens with zero attached hydrogens (tertiary/aromatic N) is 2. The van der Waals surface area contributed by atoms with E-state index in [0.717, 1.165) is 18.0 Å². The summed E-state index contributed by atoms with van der Waals surface area (Å²) in [7, 11) is 0. The number of morpholine rings is 1. The van der Waals surface area contributed by atoms with Crippen molar-refractivity contribution in [2.24, 2.45) is 0 Å². The molecule has 0 radical (unpaired) electrons. The number of benzene rings is 2. The molecule has 1 saturated heterocycles. The molecule has 1 fully saturated rings. The summed E-state index contributed by atoms with van der Waals surface area (Å²) in [5.74, 6) is -1.80. The highest BCUT2D eigenvalue weighted by molar-refractivity contribution is 6.22. The molecular formula is C22H22FN3O4. The molecule has 30 heavy (non-hydrogen) atoms. The van der Waals surface area contributed by atoms with Crippen LogP contribution in [0.25, 0.3) is 0 Å². The van der Waals surface area contributed by atoms with Crippen LogP contribution < -0.4 is 5.32 Å². The molecule has 3 amide bonds. The maximum atomic E-state index is 13.9. The maximum absolute atomic E-state index is 13.9. The van der Waals surface area contributed by atoms with Gasteiger partial charge in [-0.2, -0.15) is 0 Å². The van der Waals surface area contributed by atoms with Gasteiger partial charge in [0.05, 0.1) is 30.9 Å². The van der Waals surface area contributed by atoms with E-state index >= 15 is 0 Å². The summed E-state index contributed by atoms with van der Waals surface area (Å²) in [6.45, 7) is 4.10. The second kappa shape index (κ2) is 8.73. The number of hydrogen-bond donors (Lipinski definition) is 1. The average molecular weight is 411 g/mol. The number of halogens is 1. The Morgan fingerprint density at radius 3 is 2.53 bits per heavy atom. The van der Waals surface area contributed by atoms with Crippen molar-refractivity contribution >= 4 is 17.7 Å². The highest BCUT2D eigenvalue weighted by Gasteiger charge is 2.36. The van der Waals surface area contributed by atoms with Crippen molar-refractivity contribution in [1.82, 2.24) is 15.1 Å². The number of rotatable bonds is 6. The van der Waals surface area contributed by atoms with Gasteiger partial charge in [0, 0.05) is 37.3 Å². The van der Waals surface area contributed by atoms with Crippen molar-refractivity contribution in [2.45, 2.75) is 6.54 Å². The molecule has 0 aliphatic carbocycles. The highest BCUT2D eigenvalue weighted by atomic mass is 19.1. The molecule has 0 bridgehead atoms. The zero-order valence-electron chi connectivity index (χ0n) is 16.4. The zero-order chi connectivity index (χ0) is 21.1. The molecule has 2 heterocycles. The third-order valence-electron chi connectivity index (χ3n) is 5.34. The van der Waals surface area contributed by atoms with E-state index in [4.69, 9.17) is 4.74 Å². The van der Waals surface area contributed by atoms with Crippen LogP contribution in [-0.4, -0.2) is 66.9 Å². The van der Waals surface area contributed by atoms with Crippen molar-refractivity contribution in [2.75, 3.05) is 39.4 Å². The lowest BCUT2D eigenvalue weighted by atomic mass is 10.1. The molecule has 1 N–H and O–H groups in total. The van der Waals surface area contributed by atoms with Gasteiger partial charge < -0.3 is 10.1 Å². The van der Waals surface area contributed by atoms with Crippen molar-refractivity contribution in [3.8, 4) is 0 Å². The minimum absolute atomic E-state index is 0.153. The summed E-state index contributed by atoms with van der Waals surface area (Å²) < 4.78 is 19.2. The summed E-state index contributed by atoms with van der Waals surface area (Å²) in [6, 6.07) is 10.5. The topological polar surface area (TPSA) is 79.0 Å². The lowest BCUT2D eigenvalue weighted by molar-refractivity contribution is 0.0383. The highest BCUT2D eigenvalue weighted by Crippen LogP contribution is 2.26. The molecule has 8 heteroatoms. The summed E-state index contributed by atoms with van der Waals surface area (Å²) >= 11 is 0. The summed E-state index contributed by atoms with van der Waals surface area (Å²) in [5.41, 5.74) is 0.955. The van der Waals surface area contributed by atoms with Crippen LogP contribution in [0.5, 0.6) is 0 Å². The standard InChI is InChI=1S/C22H22FN3O4/c23-19-4-2-1-3-16(19)14-26-21(28)17-6-5-15(13-18(17)22(26)29)20(27)24-7-8-25-9-11-30-12-10-25/h1-6,13H,7-12,14H2,(H,24,27). The fourth-order valence-corrected chi connectivity index (χ4v) is 3.63. The first-order valence-corrected chi connectivity index (χ1v) is 9.86. The van der Waals surface area contributed by atoms with Gasteiger partial charge in [-0.15, -0.1) is 0 Å². The Balaban J connectivity index is 1.42. The first-order chi connectivity index (χ1) is 14.5. The van der Waals surface area contributed by atoms with E-state index in [-0.39, 0.29) is 29.1 Å². The number of carbonyl (C=O) groups is 3. The van der Waals surface area contributed by atoms with Crippen LogP contribution in [-0.2, 0) is 11.3 Å². The van der Waals surface area contributed by atoms with E-state index in [1.807, 2.05) is 0 Å². The maximum Gasteiger partial charge on any atom is 0.261 e. The van der Waals surface area contributed by atoms with E-state index < -0.39 is 17.6 Å². The quantitative estimate of drug-likeness (QED) is 0.732. The van der Waals surface area contributed by atoms with Gasteiger partial charge in [0.1, 0.15) is 5.82 Å². The van der Waals surface area contributed by atoms with Crippen molar-refractivity contribution < 1.29 is 23.5 Å². The molecule has 0 aromatic heterocycles. The van der Waals surface area contributed by atoms with Crippen LogP contribution >= 0.6 is 0 Å². The molecule has 2 aromatic rings. The normalized spacial score (nSPS) is 16.6. The Bertz CT molecular complexity index is 988. The minimum atomic E-state index is -0.527. The predicted octanol–water partition coefficient (Wildman–Crippen LogP) is 1.68. The summed E-state index contributed by atoms with van der Waals surface area (Å²) in [4.78, 5) is 41.1. The monoisotopic (exact) mass is 411 g/mol. The smallest absolute Gasteiger partial charge is 0.261 e. The molecule has 0 atom stereocenters. The summed E-state index contributed by atoms with van der Waals surface area (Å²) in [5, 5.41) is 2.84. The Morgan fingerprint density at radius 1 is 1.03 bits per heavy atom. The molecule has 156 valence electrons. The lowest BCUT2D eigenvalue weighted by Crippen LogP contribution is -2.41. The van der Waals surface area contributed by atoms with E-state index in [2.05, 4.69) is 10.2 Å². The molecule has 0 saturated carbocycles. The molecule has 2 aliphatic rings. The van der Waals surface area contributed by atoms with Gasteiger partial charge in [-0.1, -0.05) is 18.2 Å². The van der Waals surface area contributed by atoms with Gasteiger partial charge >= 0.3 is 0 Å². The lowest BCUT2D eigenvalue weighted by Gasteiger charge is -2.26. The Hall–Kier alpha value is -3.10. The van der Waals surface area contributed by atoms with E-state index in [1.54, 1.807) is 12.1 Å². The number of nitrogens with one attached hydrogen (secondary N) is 1. The van der Waals surface area contributed by atoms with Gasteiger partial charge in [-0.25, -0.2) is 4.39 Å². The third-order valence-corrected chi connectivity index (χ3v) is 5.34. The zero-order valence-corrected chi connectivity index (χ0v) is 16.4. The van der Waals surface area contributed by atoms with Crippen LogP contribution in [0.1, 0.15) is 36.6 Å². The largest absolute Gasteiger partial charge is 0.379 e. The molecule has 2 aliphatic heterocycles.